The normalized spacial score (nSPS) is 11.3. The molecule has 6 nitrogen and oxygen atoms in total. The first-order chi connectivity index (χ1) is 15.2. The molecule has 4 aromatic rings. The van der Waals surface area contributed by atoms with Crippen LogP contribution in [0.3, 0.4) is 0 Å². The predicted molar refractivity (Wildman–Crippen MR) is 111 cm³/mol. The number of rotatable bonds is 9. The van der Waals surface area contributed by atoms with Crippen molar-refractivity contribution in [1.29, 1.82) is 0 Å². The number of nitrogens with zero attached hydrogens (tertiary/aromatic N) is 4. The Hall–Kier alpha value is -3.81. The molecule has 8 heteroatoms. The van der Waals surface area contributed by atoms with Crippen molar-refractivity contribution in [2.75, 3.05) is 0 Å². The molecule has 0 aliphatic heterocycles. The molecule has 31 heavy (non-hydrogen) atoms. The molecule has 2 heterocycles. The fraction of sp³-hybridized carbons (Fsp3) is 0.174. The molecule has 0 unspecified atom stereocenters. The molecule has 0 bridgehead atoms. The third-order valence-corrected chi connectivity index (χ3v) is 4.55. The smallest absolute Gasteiger partial charge is 0.218 e. The Bertz CT molecular complexity index is 1160. The van der Waals surface area contributed by atoms with Gasteiger partial charge < -0.3 is 9.15 Å². The molecular weight excluding hydrogens is 402 g/mol. The minimum Gasteiger partial charge on any atom is -0.487 e. The molecule has 0 fully saturated rings. The van der Waals surface area contributed by atoms with Gasteiger partial charge >= 0.3 is 0 Å². The summed E-state index contributed by atoms with van der Waals surface area (Å²) >= 11 is 0. The lowest BCUT2D eigenvalue weighted by molar-refractivity contribution is 0.300. The lowest BCUT2D eigenvalue weighted by atomic mass is 10.1. The molecule has 0 amide bonds. The Morgan fingerprint density at radius 2 is 2.03 bits per heavy atom. The molecule has 2 aromatic carbocycles. The third kappa shape index (κ3) is 5.85. The molecule has 158 valence electrons. The molecular formula is C23H20F2N4O2. The van der Waals surface area contributed by atoms with Crippen molar-refractivity contribution in [3.05, 3.63) is 95.5 Å². The van der Waals surface area contributed by atoms with Crippen LogP contribution in [0.2, 0.25) is 0 Å². The molecule has 0 N–H and O–H groups in total. The van der Waals surface area contributed by atoms with Crippen molar-refractivity contribution in [2.45, 2.75) is 26.0 Å². The van der Waals surface area contributed by atoms with Gasteiger partial charge in [-0.2, -0.15) is 0 Å². The molecule has 4 rings (SSSR count). The van der Waals surface area contributed by atoms with Crippen molar-refractivity contribution in [3.8, 4) is 5.75 Å². The van der Waals surface area contributed by atoms with Gasteiger partial charge in [0.2, 0.25) is 5.89 Å². The van der Waals surface area contributed by atoms with E-state index in [1.54, 1.807) is 10.9 Å². The zero-order valence-electron chi connectivity index (χ0n) is 16.6. The molecule has 0 spiro atoms. The predicted octanol–water partition coefficient (Wildman–Crippen LogP) is 4.93. The first kappa shape index (κ1) is 20.5. The number of benzene rings is 2. The Kier molecular flexibility index (Phi) is 6.47. The summed E-state index contributed by atoms with van der Waals surface area (Å²) in [5, 5.41) is 7.75. The van der Waals surface area contributed by atoms with Crippen LogP contribution in [-0.2, 0) is 19.6 Å². The third-order valence-electron chi connectivity index (χ3n) is 4.55. The molecule has 0 saturated heterocycles. The van der Waals surface area contributed by atoms with Crippen LogP contribution in [0.15, 0.2) is 65.5 Å². The zero-order chi connectivity index (χ0) is 21.5. The van der Waals surface area contributed by atoms with E-state index < -0.39 is 11.6 Å². The first-order valence-electron chi connectivity index (χ1n) is 9.79. The molecule has 0 aliphatic rings. The van der Waals surface area contributed by atoms with Crippen LogP contribution in [0.25, 0.3) is 12.2 Å². The topological polar surface area (TPSA) is 66.0 Å². The summed E-state index contributed by atoms with van der Waals surface area (Å²) in [6, 6.07) is 11.3. The average molecular weight is 422 g/mol. The van der Waals surface area contributed by atoms with Gasteiger partial charge in [0.25, 0.3) is 0 Å². The minimum atomic E-state index is -0.646. The van der Waals surface area contributed by atoms with Gasteiger partial charge in [-0.1, -0.05) is 17.3 Å². The van der Waals surface area contributed by atoms with Crippen molar-refractivity contribution < 1.29 is 17.9 Å². The zero-order valence-corrected chi connectivity index (χ0v) is 16.6. The van der Waals surface area contributed by atoms with Gasteiger partial charge in [-0.05, 0) is 48.7 Å². The molecule has 0 aliphatic carbocycles. The summed E-state index contributed by atoms with van der Waals surface area (Å²) in [4.78, 5) is 4.30. The number of aromatic nitrogens is 4. The summed E-state index contributed by atoms with van der Waals surface area (Å²) in [6.45, 7) is 1.05. The lowest BCUT2D eigenvalue weighted by Gasteiger charge is -2.07. The lowest BCUT2D eigenvalue weighted by Crippen LogP contribution is -2.01. The van der Waals surface area contributed by atoms with E-state index in [1.165, 1.54) is 36.1 Å². The molecule has 0 saturated carbocycles. The number of oxazole rings is 1. The van der Waals surface area contributed by atoms with E-state index >= 15 is 0 Å². The second kappa shape index (κ2) is 9.80. The fourth-order valence-corrected chi connectivity index (χ4v) is 3.01. The van der Waals surface area contributed by atoms with Crippen LogP contribution in [0, 0.1) is 11.6 Å². The highest BCUT2D eigenvalue weighted by Crippen LogP contribution is 2.18. The Morgan fingerprint density at radius 1 is 1.10 bits per heavy atom. The minimum absolute atomic E-state index is 0.241. The van der Waals surface area contributed by atoms with Crippen LogP contribution in [0.1, 0.15) is 29.1 Å². The highest BCUT2D eigenvalue weighted by Gasteiger charge is 2.05. The van der Waals surface area contributed by atoms with Gasteiger partial charge in [-0.25, -0.2) is 13.8 Å². The van der Waals surface area contributed by atoms with Gasteiger partial charge in [0, 0.05) is 30.4 Å². The number of hydrogen-bond donors (Lipinski definition) is 0. The van der Waals surface area contributed by atoms with E-state index in [9.17, 15) is 8.78 Å². The SMILES string of the molecule is Fc1ccc(/C=C/c2nc(COc3cccc(CCCn4ccnn4)c3)co2)c(F)c1. The van der Waals surface area contributed by atoms with Crippen molar-refractivity contribution >= 4 is 12.2 Å². The van der Waals surface area contributed by atoms with E-state index in [1.807, 2.05) is 24.4 Å². The van der Waals surface area contributed by atoms with Gasteiger partial charge in [0.1, 0.15) is 35.9 Å². The van der Waals surface area contributed by atoms with E-state index in [-0.39, 0.29) is 12.2 Å². The quantitative estimate of drug-likeness (QED) is 0.383. The standard InChI is InChI=1S/C23H20F2N4O2/c24-19-8-6-18(22(25)14-19)7-9-23-27-20(16-31-23)15-30-21-5-1-3-17(13-21)4-2-11-29-12-10-26-28-29/h1,3,5-10,12-14,16H,2,4,11,15H2/b9-7+. The van der Waals surface area contributed by atoms with E-state index in [4.69, 9.17) is 9.15 Å². The monoisotopic (exact) mass is 422 g/mol. The van der Waals surface area contributed by atoms with E-state index in [2.05, 4.69) is 21.4 Å². The maximum atomic E-state index is 13.7. The van der Waals surface area contributed by atoms with Gasteiger partial charge in [0.15, 0.2) is 0 Å². The van der Waals surface area contributed by atoms with Crippen molar-refractivity contribution in [2.24, 2.45) is 0 Å². The first-order valence-corrected chi connectivity index (χ1v) is 9.79. The van der Waals surface area contributed by atoms with Crippen LogP contribution < -0.4 is 4.74 Å². The van der Waals surface area contributed by atoms with E-state index in [0.717, 1.165) is 31.2 Å². The second-order valence-corrected chi connectivity index (χ2v) is 6.88. The highest BCUT2D eigenvalue weighted by atomic mass is 19.1. The maximum absolute atomic E-state index is 13.7. The largest absolute Gasteiger partial charge is 0.487 e. The van der Waals surface area contributed by atoms with Gasteiger partial charge in [0.05, 0.1) is 6.20 Å². The highest BCUT2D eigenvalue weighted by molar-refractivity contribution is 5.66. The summed E-state index contributed by atoms with van der Waals surface area (Å²) < 4.78 is 39.6. The number of ether oxygens (including phenoxy) is 1. The van der Waals surface area contributed by atoms with E-state index in [0.29, 0.717) is 11.6 Å². The molecule has 0 radical (unpaired) electrons. The Balaban J connectivity index is 1.29. The van der Waals surface area contributed by atoms with Crippen molar-refractivity contribution in [1.82, 2.24) is 20.0 Å². The number of halogens is 2. The fourth-order valence-electron chi connectivity index (χ4n) is 3.01. The molecule has 2 aromatic heterocycles. The van der Waals surface area contributed by atoms with Crippen molar-refractivity contribution in [3.63, 3.8) is 0 Å². The average Bonchev–Trinajstić information content (AvgIpc) is 3.44. The summed E-state index contributed by atoms with van der Waals surface area (Å²) in [7, 11) is 0. The Labute approximate surface area is 177 Å². The second-order valence-electron chi connectivity index (χ2n) is 6.88. The van der Waals surface area contributed by atoms with Gasteiger partial charge in [-0.15, -0.1) is 5.10 Å². The van der Waals surface area contributed by atoms with Crippen LogP contribution >= 0.6 is 0 Å². The van der Waals surface area contributed by atoms with Gasteiger partial charge in [-0.3, -0.25) is 4.68 Å². The molecule has 0 atom stereocenters. The summed E-state index contributed by atoms with van der Waals surface area (Å²) in [5.41, 5.74) is 2.02. The number of aryl methyl sites for hydroxylation is 2. The Morgan fingerprint density at radius 3 is 2.87 bits per heavy atom. The van der Waals surface area contributed by atoms with Crippen LogP contribution in [-0.4, -0.2) is 20.0 Å². The van der Waals surface area contributed by atoms with Crippen LogP contribution in [0.4, 0.5) is 8.78 Å². The maximum Gasteiger partial charge on any atom is 0.218 e. The summed E-state index contributed by atoms with van der Waals surface area (Å²) in [5.74, 6) is -0.215. The summed E-state index contributed by atoms with van der Waals surface area (Å²) in [6.07, 6.45) is 9.85. The van der Waals surface area contributed by atoms with Crippen LogP contribution in [0.5, 0.6) is 5.75 Å². The number of hydrogen-bond acceptors (Lipinski definition) is 5.